The average molecular weight is 325 g/mol. The van der Waals surface area contributed by atoms with Crippen LogP contribution in [0.2, 0.25) is 0 Å². The molecule has 0 fully saturated rings. The van der Waals surface area contributed by atoms with Gasteiger partial charge in [0, 0.05) is 29.8 Å². The first-order valence-corrected chi connectivity index (χ1v) is 7.32. The fourth-order valence-electron chi connectivity index (χ4n) is 1.80. The predicted octanol–water partition coefficient (Wildman–Crippen LogP) is 3.07. The Balaban J connectivity index is 2.02. The molecule has 0 bridgehead atoms. The number of thioether (sulfide) groups is 1. The number of alkyl halides is 3. The summed E-state index contributed by atoms with van der Waals surface area (Å²) in [6.07, 6.45) is -1.61. The van der Waals surface area contributed by atoms with Gasteiger partial charge in [0.15, 0.2) is 16.7 Å². The summed E-state index contributed by atoms with van der Waals surface area (Å²) in [6.45, 7) is 0.639. The van der Waals surface area contributed by atoms with E-state index >= 15 is 0 Å². The number of nitrogens with zero attached hydrogens (tertiary/aromatic N) is 4. The summed E-state index contributed by atoms with van der Waals surface area (Å²) in [7, 11) is 0. The normalized spacial score (nSPS) is 14.8. The van der Waals surface area contributed by atoms with E-state index in [0.717, 1.165) is 11.8 Å². The lowest BCUT2D eigenvalue weighted by Gasteiger charge is -2.11. The van der Waals surface area contributed by atoms with Crippen LogP contribution in [0.4, 0.5) is 19.0 Å². The second-order valence-electron chi connectivity index (χ2n) is 4.36. The van der Waals surface area contributed by atoms with Crippen LogP contribution in [0.25, 0.3) is 11.4 Å². The fourth-order valence-corrected chi connectivity index (χ4v) is 2.54. The molecule has 0 radical (unpaired) electrons. The van der Waals surface area contributed by atoms with E-state index in [1.165, 1.54) is 24.2 Å². The molecule has 0 atom stereocenters. The molecular formula is C13H10F3N5S. The zero-order valence-electron chi connectivity index (χ0n) is 11.1. The molecule has 1 N–H and O–H groups in total. The van der Waals surface area contributed by atoms with Gasteiger partial charge in [0.25, 0.3) is 0 Å². The van der Waals surface area contributed by atoms with E-state index < -0.39 is 11.9 Å². The molecule has 2 aromatic heterocycles. The first-order valence-electron chi connectivity index (χ1n) is 6.33. The summed E-state index contributed by atoms with van der Waals surface area (Å²) >= 11 is 1.44. The molecule has 0 aliphatic carbocycles. The Labute approximate surface area is 128 Å². The quantitative estimate of drug-likeness (QED) is 0.919. The van der Waals surface area contributed by atoms with Crippen LogP contribution in [-0.2, 0) is 6.18 Å². The van der Waals surface area contributed by atoms with Crippen LogP contribution in [0.15, 0.2) is 35.6 Å². The molecule has 0 unspecified atom stereocenters. The van der Waals surface area contributed by atoms with Crippen molar-refractivity contribution < 1.29 is 13.2 Å². The van der Waals surface area contributed by atoms with E-state index in [-0.39, 0.29) is 11.6 Å². The molecule has 9 heteroatoms. The standard InChI is InChI=1S/C13H10F3N5S/c14-13(15,16)9-6-10(21-12-18-4-5-22-12)20-11(19-9)8-2-1-3-17-7-8/h1-3,6-7H,4-5H2,(H,18,19,20,21). The van der Waals surface area contributed by atoms with Gasteiger partial charge in [0.2, 0.25) is 0 Å². The Kier molecular flexibility index (Phi) is 3.97. The maximum absolute atomic E-state index is 13.0. The number of amidine groups is 1. The molecule has 1 aliphatic rings. The summed E-state index contributed by atoms with van der Waals surface area (Å²) in [5.41, 5.74) is -0.592. The van der Waals surface area contributed by atoms with Crippen molar-refractivity contribution >= 4 is 22.7 Å². The van der Waals surface area contributed by atoms with Crippen molar-refractivity contribution in [3.63, 3.8) is 0 Å². The molecule has 3 rings (SSSR count). The number of nitrogens with one attached hydrogen (secondary N) is 1. The molecule has 0 amide bonds. The summed E-state index contributed by atoms with van der Waals surface area (Å²) in [5.74, 6) is 0.831. The van der Waals surface area contributed by atoms with Gasteiger partial charge in [-0.1, -0.05) is 11.8 Å². The summed E-state index contributed by atoms with van der Waals surface area (Å²) in [6, 6.07) is 4.10. The minimum atomic E-state index is -4.55. The van der Waals surface area contributed by atoms with Crippen molar-refractivity contribution in [2.75, 3.05) is 17.6 Å². The van der Waals surface area contributed by atoms with Crippen molar-refractivity contribution in [1.29, 1.82) is 0 Å². The third kappa shape index (κ3) is 3.35. The molecule has 0 aromatic carbocycles. The number of hydrogen-bond acceptors (Lipinski definition) is 6. The van der Waals surface area contributed by atoms with Crippen LogP contribution in [0.1, 0.15) is 5.69 Å². The SMILES string of the molecule is FC(F)(F)c1cc(NC2=NCCS2)nc(-c2cccnc2)n1. The number of pyridine rings is 1. The summed E-state index contributed by atoms with van der Waals surface area (Å²) in [4.78, 5) is 15.7. The highest BCUT2D eigenvalue weighted by Gasteiger charge is 2.34. The van der Waals surface area contributed by atoms with Crippen LogP contribution in [-0.4, -0.2) is 32.4 Å². The van der Waals surface area contributed by atoms with Gasteiger partial charge in [0.05, 0.1) is 6.54 Å². The first-order chi connectivity index (χ1) is 10.5. The Hall–Kier alpha value is -2.16. The second-order valence-corrected chi connectivity index (χ2v) is 5.45. The van der Waals surface area contributed by atoms with E-state index in [1.807, 2.05) is 0 Å². The topological polar surface area (TPSA) is 63.1 Å². The second kappa shape index (κ2) is 5.91. The highest BCUT2D eigenvalue weighted by molar-refractivity contribution is 8.14. The number of hydrogen-bond donors (Lipinski definition) is 1. The lowest BCUT2D eigenvalue weighted by molar-refractivity contribution is -0.141. The van der Waals surface area contributed by atoms with E-state index in [9.17, 15) is 13.2 Å². The molecule has 5 nitrogen and oxygen atoms in total. The van der Waals surface area contributed by atoms with Crippen LogP contribution >= 0.6 is 11.8 Å². The van der Waals surface area contributed by atoms with Crippen molar-refractivity contribution in [2.45, 2.75) is 6.18 Å². The third-order valence-electron chi connectivity index (χ3n) is 2.76. The lowest BCUT2D eigenvalue weighted by Crippen LogP contribution is -2.13. The Morgan fingerprint density at radius 3 is 2.73 bits per heavy atom. The zero-order chi connectivity index (χ0) is 15.6. The molecule has 114 valence electrons. The Morgan fingerprint density at radius 2 is 2.09 bits per heavy atom. The van der Waals surface area contributed by atoms with E-state index in [1.54, 1.807) is 12.1 Å². The van der Waals surface area contributed by atoms with Gasteiger partial charge >= 0.3 is 6.18 Å². The predicted molar refractivity (Wildman–Crippen MR) is 78.6 cm³/mol. The van der Waals surface area contributed by atoms with E-state index in [2.05, 4.69) is 25.3 Å². The fraction of sp³-hybridized carbons (Fsp3) is 0.231. The van der Waals surface area contributed by atoms with Crippen molar-refractivity contribution in [3.05, 3.63) is 36.3 Å². The van der Waals surface area contributed by atoms with Gasteiger partial charge in [-0.15, -0.1) is 0 Å². The van der Waals surface area contributed by atoms with Crippen molar-refractivity contribution in [2.24, 2.45) is 4.99 Å². The van der Waals surface area contributed by atoms with Crippen molar-refractivity contribution in [1.82, 2.24) is 15.0 Å². The molecule has 0 spiro atoms. The minimum absolute atomic E-state index is 0.0333. The van der Waals surface area contributed by atoms with Gasteiger partial charge < -0.3 is 5.32 Å². The van der Waals surface area contributed by atoms with Crippen LogP contribution in [0, 0.1) is 0 Å². The maximum Gasteiger partial charge on any atom is 0.433 e. The maximum atomic E-state index is 13.0. The average Bonchev–Trinajstić information content (AvgIpc) is 3.00. The van der Waals surface area contributed by atoms with Gasteiger partial charge in [-0.05, 0) is 12.1 Å². The Morgan fingerprint density at radius 1 is 1.23 bits per heavy atom. The summed E-state index contributed by atoms with van der Waals surface area (Å²) in [5, 5.41) is 3.36. The number of anilines is 1. The van der Waals surface area contributed by atoms with Crippen LogP contribution in [0.3, 0.4) is 0 Å². The molecular weight excluding hydrogens is 315 g/mol. The minimum Gasteiger partial charge on any atom is -0.320 e. The number of aliphatic imine (C=N–C) groups is 1. The van der Waals surface area contributed by atoms with Gasteiger partial charge in [0.1, 0.15) is 5.82 Å². The van der Waals surface area contributed by atoms with Gasteiger partial charge in [-0.3, -0.25) is 9.98 Å². The van der Waals surface area contributed by atoms with E-state index in [0.29, 0.717) is 17.3 Å². The smallest absolute Gasteiger partial charge is 0.320 e. The third-order valence-corrected chi connectivity index (χ3v) is 3.65. The molecule has 1 aliphatic heterocycles. The first kappa shape index (κ1) is 14.8. The highest BCUT2D eigenvalue weighted by atomic mass is 32.2. The van der Waals surface area contributed by atoms with Crippen LogP contribution < -0.4 is 5.32 Å². The monoisotopic (exact) mass is 325 g/mol. The van der Waals surface area contributed by atoms with Gasteiger partial charge in [-0.25, -0.2) is 9.97 Å². The molecule has 2 aromatic rings. The molecule has 22 heavy (non-hydrogen) atoms. The lowest BCUT2D eigenvalue weighted by atomic mass is 10.2. The number of halogens is 3. The highest BCUT2D eigenvalue weighted by Crippen LogP contribution is 2.31. The molecule has 0 saturated heterocycles. The largest absolute Gasteiger partial charge is 0.433 e. The number of aromatic nitrogens is 3. The molecule has 0 saturated carbocycles. The molecule has 3 heterocycles. The van der Waals surface area contributed by atoms with Gasteiger partial charge in [-0.2, -0.15) is 13.2 Å². The number of rotatable bonds is 2. The Bertz CT molecular complexity index is 703. The van der Waals surface area contributed by atoms with Crippen molar-refractivity contribution in [3.8, 4) is 11.4 Å². The zero-order valence-corrected chi connectivity index (χ0v) is 11.9. The summed E-state index contributed by atoms with van der Waals surface area (Å²) < 4.78 is 39.0. The van der Waals surface area contributed by atoms with E-state index in [4.69, 9.17) is 0 Å². The van der Waals surface area contributed by atoms with Crippen LogP contribution in [0.5, 0.6) is 0 Å².